The zero-order chi connectivity index (χ0) is 40.4. The minimum absolute atomic E-state index is 0.0351. The molecule has 0 radical (unpaired) electrons. The van der Waals surface area contributed by atoms with Gasteiger partial charge in [0.05, 0.1) is 6.10 Å². The zero-order valence-electron chi connectivity index (χ0n) is 28.7. The molecular formula is C33H37F9O9S2Si. The van der Waals surface area contributed by atoms with Crippen LogP contribution in [0.15, 0.2) is 93.5 Å². The highest BCUT2D eigenvalue weighted by Crippen LogP contribution is 2.72. The fourth-order valence-corrected chi connectivity index (χ4v) is 13.0. The second-order valence-corrected chi connectivity index (χ2v) is 19.8. The van der Waals surface area contributed by atoms with E-state index in [4.69, 9.17) is 21.6 Å². The lowest BCUT2D eigenvalue weighted by atomic mass is 9.84. The van der Waals surface area contributed by atoms with Crippen molar-refractivity contribution in [3.63, 3.8) is 0 Å². The second kappa shape index (κ2) is 16.2. The number of aromatic hydroxyl groups is 1. The van der Waals surface area contributed by atoms with E-state index in [0.29, 0.717) is 18.9 Å². The lowest BCUT2D eigenvalue weighted by Gasteiger charge is -2.41. The maximum Gasteiger partial charge on any atom is 0.500 e. The third-order valence-electron chi connectivity index (χ3n) is 8.95. The molecular weight excluding hydrogens is 804 g/mol. The average molecular weight is 841 g/mol. The fraction of sp³-hybridized carbons (Fsp3) is 0.455. The smallest absolute Gasteiger partial charge is 0.500 e. The largest absolute Gasteiger partial charge is 0.508 e. The zero-order valence-corrected chi connectivity index (χ0v) is 31.4. The van der Waals surface area contributed by atoms with Crippen molar-refractivity contribution in [1.29, 1.82) is 0 Å². The van der Waals surface area contributed by atoms with Crippen LogP contribution < -0.4 is 4.74 Å². The number of hydrogen-bond donors (Lipinski definition) is 2. The van der Waals surface area contributed by atoms with Gasteiger partial charge >= 0.3 is 42.2 Å². The maximum absolute atomic E-state index is 15.3. The Morgan fingerprint density at radius 2 is 1.30 bits per heavy atom. The van der Waals surface area contributed by atoms with Crippen molar-refractivity contribution in [1.82, 2.24) is 0 Å². The summed E-state index contributed by atoms with van der Waals surface area (Å²) in [5.74, 6) is -15.7. The summed E-state index contributed by atoms with van der Waals surface area (Å²) in [6.45, 7) is 0. The molecule has 0 amide bonds. The van der Waals surface area contributed by atoms with Crippen LogP contribution in [-0.4, -0.2) is 84.2 Å². The number of alkyl halides is 9. The number of rotatable bonds is 16. The lowest BCUT2D eigenvalue weighted by molar-refractivity contribution is -0.382. The number of phenols is 1. The van der Waals surface area contributed by atoms with Crippen LogP contribution in [0, 0.1) is 5.92 Å². The Morgan fingerprint density at radius 1 is 0.741 bits per heavy atom. The molecule has 0 bridgehead atoms. The molecule has 0 aromatic heterocycles. The van der Waals surface area contributed by atoms with E-state index in [2.05, 4.69) is 0 Å². The molecule has 9 nitrogen and oxygen atoms in total. The van der Waals surface area contributed by atoms with E-state index < -0.39 is 75.4 Å². The molecule has 3 aromatic carbocycles. The van der Waals surface area contributed by atoms with Gasteiger partial charge in [-0.25, -0.2) is 3.63 Å². The third-order valence-corrected chi connectivity index (χ3v) is 16.9. The molecule has 3 aromatic rings. The molecule has 0 heterocycles. The highest BCUT2D eigenvalue weighted by Gasteiger charge is 2.86. The highest BCUT2D eigenvalue weighted by molar-refractivity contribution is 8.33. The van der Waals surface area contributed by atoms with Crippen molar-refractivity contribution < 1.29 is 79.8 Å². The number of benzene rings is 3. The van der Waals surface area contributed by atoms with Crippen LogP contribution >= 0.6 is 10.3 Å². The van der Waals surface area contributed by atoms with Gasteiger partial charge in [0.25, 0.3) is 0 Å². The predicted octanol–water partition coefficient (Wildman–Crippen LogP) is 8.54. The Bertz CT molecular complexity index is 1810. The van der Waals surface area contributed by atoms with E-state index in [9.17, 15) is 49.4 Å². The number of hydrogen-bond acceptors (Lipinski definition) is 9. The van der Waals surface area contributed by atoms with E-state index in [-0.39, 0.29) is 34.3 Å². The molecule has 302 valence electrons. The maximum atomic E-state index is 15.3. The molecule has 0 spiro atoms. The topological polar surface area (TPSA) is 121 Å². The first-order chi connectivity index (χ1) is 25.0. The van der Waals surface area contributed by atoms with Crippen LogP contribution in [0.4, 0.5) is 39.5 Å². The van der Waals surface area contributed by atoms with Gasteiger partial charge in [-0.2, -0.15) is 47.9 Å². The summed E-state index contributed by atoms with van der Waals surface area (Å²) in [4.78, 5) is -1.10. The summed E-state index contributed by atoms with van der Waals surface area (Å²) < 4.78 is 181. The molecule has 21 heteroatoms. The number of phenolic OH excluding ortho intramolecular Hbond substituents is 1. The first-order valence-corrected chi connectivity index (χ1v) is 20.9. The van der Waals surface area contributed by atoms with Crippen molar-refractivity contribution in [3.8, 4) is 11.5 Å². The predicted molar refractivity (Wildman–Crippen MR) is 178 cm³/mol. The molecule has 0 saturated heterocycles. The van der Waals surface area contributed by atoms with E-state index >= 15 is 8.78 Å². The Kier molecular flexibility index (Phi) is 13.1. The van der Waals surface area contributed by atoms with Gasteiger partial charge in [0.1, 0.15) is 17.6 Å². The molecule has 1 saturated carbocycles. The van der Waals surface area contributed by atoms with Gasteiger partial charge in [-0.3, -0.25) is 0 Å². The minimum Gasteiger partial charge on any atom is -0.508 e. The normalized spacial score (nSPS) is 20.9. The number of ether oxygens (including phenoxy) is 1. The molecule has 4 rings (SSSR count). The lowest BCUT2D eigenvalue weighted by Crippen LogP contribution is -2.63. The number of aliphatic hydroxyl groups excluding tert-OH is 1. The Morgan fingerprint density at radius 3 is 1.85 bits per heavy atom. The Hall–Kier alpha value is -3.05. The second-order valence-electron chi connectivity index (χ2n) is 12.3. The van der Waals surface area contributed by atoms with E-state index in [0.717, 1.165) is 48.5 Å². The molecule has 1 aliphatic carbocycles. The van der Waals surface area contributed by atoms with Gasteiger partial charge in [-0.05, 0) is 96.5 Å². The van der Waals surface area contributed by atoms with E-state index in [1.165, 1.54) is 51.7 Å². The SMILES string of the molecule is CO[Si](CCC1CCC(O)C(Oc2cccc(S(OS(=O)(=O)C(F)(F)C(F)(F)C(F)(F)C(F)(F)F)(c3ccccc3)c3ccc(O)cc3)c2)C1)(OC)OC. The monoisotopic (exact) mass is 840 g/mol. The van der Waals surface area contributed by atoms with Crippen molar-refractivity contribution in [2.45, 2.75) is 81.9 Å². The molecule has 54 heavy (non-hydrogen) atoms. The van der Waals surface area contributed by atoms with Gasteiger partial charge < -0.3 is 28.2 Å². The quantitative estimate of drug-likeness (QED) is 0.108. The van der Waals surface area contributed by atoms with E-state index in [1.54, 1.807) is 0 Å². The highest BCUT2D eigenvalue weighted by atomic mass is 32.3. The van der Waals surface area contributed by atoms with Crippen LogP contribution in [0.5, 0.6) is 11.5 Å². The third kappa shape index (κ3) is 8.23. The summed E-state index contributed by atoms with van der Waals surface area (Å²) in [6, 6.07) is 15.2. The molecule has 1 fully saturated rings. The average Bonchev–Trinajstić information content (AvgIpc) is 3.13. The summed E-state index contributed by atoms with van der Waals surface area (Å²) >= 11 is 0. The Balaban J connectivity index is 1.84. The van der Waals surface area contributed by atoms with Gasteiger partial charge in [-0.1, -0.05) is 24.3 Å². The fourth-order valence-electron chi connectivity index (χ4n) is 5.89. The van der Waals surface area contributed by atoms with Crippen molar-refractivity contribution in [2.75, 3.05) is 21.3 Å². The number of halogens is 9. The van der Waals surface area contributed by atoms with Gasteiger partial charge in [-0.15, -0.1) is 0 Å². The van der Waals surface area contributed by atoms with Crippen molar-refractivity contribution in [2.24, 2.45) is 5.92 Å². The summed E-state index contributed by atoms with van der Waals surface area (Å²) in [5.41, 5.74) is 0. The summed E-state index contributed by atoms with van der Waals surface area (Å²) in [7, 11) is -10.4. The van der Waals surface area contributed by atoms with E-state index in [1.807, 2.05) is 0 Å². The molecule has 0 aliphatic heterocycles. The minimum atomic E-state index is -7.57. The summed E-state index contributed by atoms with van der Waals surface area (Å²) in [5, 5.41) is 13.7. The van der Waals surface area contributed by atoms with Gasteiger partial charge in [0.15, 0.2) is 0 Å². The van der Waals surface area contributed by atoms with Crippen molar-refractivity contribution in [3.05, 3.63) is 78.9 Å². The van der Waals surface area contributed by atoms with Crippen LogP contribution in [0.2, 0.25) is 6.04 Å². The molecule has 4 atom stereocenters. The Labute approximate surface area is 308 Å². The van der Waals surface area contributed by atoms with Crippen LogP contribution in [0.3, 0.4) is 0 Å². The number of aliphatic hydroxyl groups is 1. The molecule has 1 aliphatic rings. The van der Waals surface area contributed by atoms with Crippen LogP contribution in [0.25, 0.3) is 0 Å². The molecule has 4 unspecified atom stereocenters. The standard InChI is InChI=1S/C33H37F9O9S2Si/c1-47-54(48-2,49-3)19-18-22-12-17-28(44)29(20-22)50-24-8-7-11-27(21-24)52(25-9-5-4-6-10-25,26-15-13-23(43)14-16-26)51-53(45,46)33(41,42)31(36,37)30(34,35)32(38,39)40/h4-11,13-16,21-22,28-29,43-44H,12,17-20H2,1-3H3. The van der Waals surface area contributed by atoms with Gasteiger partial charge in [0.2, 0.25) is 0 Å². The summed E-state index contributed by atoms with van der Waals surface area (Å²) in [6.07, 6.45) is -7.51. The van der Waals surface area contributed by atoms with Gasteiger partial charge in [0, 0.05) is 42.1 Å². The first-order valence-electron chi connectivity index (χ1n) is 16.0. The molecule has 2 N–H and O–H groups in total. The van der Waals surface area contributed by atoms with Crippen LogP contribution in [-0.2, 0) is 27.0 Å². The first kappa shape index (κ1) is 43.7. The van der Waals surface area contributed by atoms with Crippen molar-refractivity contribution >= 4 is 29.2 Å². The van der Waals surface area contributed by atoms with Crippen LogP contribution in [0.1, 0.15) is 25.7 Å².